The molecule has 0 atom stereocenters. The van der Waals surface area contributed by atoms with Gasteiger partial charge < -0.3 is 4.42 Å². The fraction of sp³-hybridized carbons (Fsp3) is 0. The average Bonchev–Trinajstić information content (AvgIpc) is 3.04. The summed E-state index contributed by atoms with van der Waals surface area (Å²) in [5.41, 5.74) is 2.91. The standard InChI is InChI=1S/C18H11ClN2O2/c19-13-7-5-11(6-8-13)15-10-16(21-20-15)14-9-12-3-1-2-4-17(12)23-18(14)22/h1-10H,(H,20,21). The molecule has 0 fully saturated rings. The predicted molar refractivity (Wildman–Crippen MR) is 90.5 cm³/mol. The van der Waals surface area contributed by atoms with E-state index in [9.17, 15) is 4.79 Å². The number of benzene rings is 2. The summed E-state index contributed by atoms with van der Waals surface area (Å²) in [7, 11) is 0. The van der Waals surface area contributed by atoms with Gasteiger partial charge in [0.15, 0.2) is 0 Å². The molecule has 0 bridgehead atoms. The lowest BCUT2D eigenvalue weighted by atomic mass is 10.1. The van der Waals surface area contributed by atoms with Crippen LogP contribution in [0, 0.1) is 0 Å². The van der Waals surface area contributed by atoms with Crippen LogP contribution in [0.25, 0.3) is 33.5 Å². The maximum Gasteiger partial charge on any atom is 0.345 e. The SMILES string of the molecule is O=c1oc2ccccc2cc1-c1cc(-c2ccc(Cl)cc2)n[nH]1. The van der Waals surface area contributed by atoms with E-state index in [1.165, 1.54) is 0 Å². The van der Waals surface area contributed by atoms with Gasteiger partial charge in [-0.25, -0.2) is 4.79 Å². The lowest BCUT2D eigenvalue weighted by Gasteiger charge is -1.99. The summed E-state index contributed by atoms with van der Waals surface area (Å²) in [4.78, 5) is 12.2. The molecule has 4 aromatic rings. The van der Waals surface area contributed by atoms with Gasteiger partial charge >= 0.3 is 5.63 Å². The zero-order valence-corrected chi connectivity index (χ0v) is 12.7. The Balaban J connectivity index is 1.81. The third-order valence-corrected chi connectivity index (χ3v) is 3.90. The first-order chi connectivity index (χ1) is 11.2. The Morgan fingerprint density at radius 1 is 1.00 bits per heavy atom. The summed E-state index contributed by atoms with van der Waals surface area (Å²) in [6, 6.07) is 18.4. The largest absolute Gasteiger partial charge is 0.422 e. The zero-order valence-electron chi connectivity index (χ0n) is 11.9. The van der Waals surface area contributed by atoms with E-state index < -0.39 is 5.63 Å². The molecule has 0 saturated heterocycles. The molecule has 4 nitrogen and oxygen atoms in total. The number of halogens is 1. The van der Waals surface area contributed by atoms with Crippen molar-refractivity contribution in [3.8, 4) is 22.5 Å². The van der Waals surface area contributed by atoms with Crippen molar-refractivity contribution < 1.29 is 4.42 Å². The number of hydrogen-bond donors (Lipinski definition) is 1. The Kier molecular flexibility index (Phi) is 3.24. The minimum Gasteiger partial charge on any atom is -0.422 e. The summed E-state index contributed by atoms with van der Waals surface area (Å²) >= 11 is 5.89. The van der Waals surface area contributed by atoms with Crippen molar-refractivity contribution in [3.05, 3.63) is 76.1 Å². The van der Waals surface area contributed by atoms with Crippen LogP contribution in [0.5, 0.6) is 0 Å². The molecular formula is C18H11ClN2O2. The van der Waals surface area contributed by atoms with Gasteiger partial charge in [0.05, 0.1) is 17.0 Å². The number of aromatic amines is 1. The molecule has 2 aromatic carbocycles. The monoisotopic (exact) mass is 322 g/mol. The van der Waals surface area contributed by atoms with E-state index in [0.29, 0.717) is 21.9 Å². The summed E-state index contributed by atoms with van der Waals surface area (Å²) in [6.45, 7) is 0. The van der Waals surface area contributed by atoms with Crippen molar-refractivity contribution in [2.24, 2.45) is 0 Å². The molecule has 0 aliphatic rings. The minimum atomic E-state index is -0.394. The van der Waals surface area contributed by atoms with E-state index in [-0.39, 0.29) is 0 Å². The van der Waals surface area contributed by atoms with Crippen molar-refractivity contribution in [2.75, 3.05) is 0 Å². The lowest BCUT2D eigenvalue weighted by molar-refractivity contribution is 0.563. The molecule has 0 unspecified atom stereocenters. The first-order valence-corrected chi connectivity index (χ1v) is 7.43. The molecule has 2 heterocycles. The zero-order chi connectivity index (χ0) is 15.8. The van der Waals surface area contributed by atoms with Crippen LogP contribution in [0.2, 0.25) is 5.02 Å². The Bertz CT molecular complexity index is 1050. The highest BCUT2D eigenvalue weighted by molar-refractivity contribution is 6.30. The van der Waals surface area contributed by atoms with E-state index in [1.54, 1.807) is 24.3 Å². The van der Waals surface area contributed by atoms with Crippen molar-refractivity contribution in [2.45, 2.75) is 0 Å². The van der Waals surface area contributed by atoms with Gasteiger partial charge in [-0.15, -0.1) is 0 Å². The van der Waals surface area contributed by atoms with Crippen LogP contribution in [0.15, 0.2) is 69.9 Å². The second kappa shape index (κ2) is 5.41. The maximum atomic E-state index is 12.2. The number of rotatable bonds is 2. The van der Waals surface area contributed by atoms with E-state index in [0.717, 1.165) is 16.6 Å². The summed E-state index contributed by atoms with van der Waals surface area (Å²) < 4.78 is 5.36. The second-order valence-electron chi connectivity index (χ2n) is 5.16. The van der Waals surface area contributed by atoms with Crippen LogP contribution >= 0.6 is 11.6 Å². The summed E-state index contributed by atoms with van der Waals surface area (Å²) in [5.74, 6) is 0. The number of nitrogens with one attached hydrogen (secondary N) is 1. The number of nitrogens with zero attached hydrogens (tertiary/aromatic N) is 1. The smallest absolute Gasteiger partial charge is 0.345 e. The third-order valence-electron chi connectivity index (χ3n) is 3.65. The van der Waals surface area contributed by atoms with E-state index in [1.807, 2.05) is 36.4 Å². The second-order valence-corrected chi connectivity index (χ2v) is 5.60. The summed E-state index contributed by atoms with van der Waals surface area (Å²) in [6.07, 6.45) is 0. The highest BCUT2D eigenvalue weighted by atomic mass is 35.5. The average molecular weight is 323 g/mol. The quantitative estimate of drug-likeness (QED) is 0.553. The van der Waals surface area contributed by atoms with Gasteiger partial charge in [-0.2, -0.15) is 5.10 Å². The molecule has 4 rings (SSSR count). The number of hydrogen-bond acceptors (Lipinski definition) is 3. The molecule has 23 heavy (non-hydrogen) atoms. The Morgan fingerprint density at radius 2 is 1.78 bits per heavy atom. The van der Waals surface area contributed by atoms with Crippen molar-refractivity contribution in [1.82, 2.24) is 10.2 Å². The van der Waals surface area contributed by atoms with Gasteiger partial charge in [0.1, 0.15) is 5.58 Å². The van der Waals surface area contributed by atoms with Crippen molar-refractivity contribution in [1.29, 1.82) is 0 Å². The fourth-order valence-electron chi connectivity index (χ4n) is 2.48. The van der Waals surface area contributed by atoms with Crippen molar-refractivity contribution >= 4 is 22.6 Å². The van der Waals surface area contributed by atoms with Crippen LogP contribution in [-0.4, -0.2) is 10.2 Å². The van der Waals surface area contributed by atoms with Crippen LogP contribution in [0.3, 0.4) is 0 Å². The molecule has 1 N–H and O–H groups in total. The highest BCUT2D eigenvalue weighted by Gasteiger charge is 2.11. The van der Waals surface area contributed by atoms with Crippen LogP contribution in [0.1, 0.15) is 0 Å². The van der Waals surface area contributed by atoms with E-state index >= 15 is 0 Å². The van der Waals surface area contributed by atoms with Gasteiger partial charge in [-0.3, -0.25) is 5.10 Å². The lowest BCUT2D eigenvalue weighted by Crippen LogP contribution is -2.02. The first-order valence-electron chi connectivity index (χ1n) is 7.05. The molecule has 0 spiro atoms. The molecule has 0 aliphatic heterocycles. The number of H-pyrrole nitrogens is 1. The third kappa shape index (κ3) is 2.53. The van der Waals surface area contributed by atoms with Crippen LogP contribution in [-0.2, 0) is 0 Å². The normalized spacial score (nSPS) is 11.0. The van der Waals surface area contributed by atoms with E-state index in [4.69, 9.17) is 16.0 Å². The van der Waals surface area contributed by atoms with Crippen LogP contribution in [0.4, 0.5) is 0 Å². The summed E-state index contributed by atoms with van der Waals surface area (Å²) in [5, 5.41) is 8.69. The number of para-hydroxylation sites is 1. The molecule has 112 valence electrons. The molecule has 0 radical (unpaired) electrons. The Labute approximate surface area is 136 Å². The molecule has 0 amide bonds. The van der Waals surface area contributed by atoms with Crippen molar-refractivity contribution in [3.63, 3.8) is 0 Å². The van der Waals surface area contributed by atoms with Gasteiger partial charge in [-0.1, -0.05) is 41.9 Å². The fourth-order valence-corrected chi connectivity index (χ4v) is 2.60. The van der Waals surface area contributed by atoms with E-state index in [2.05, 4.69) is 10.2 Å². The number of fused-ring (bicyclic) bond motifs is 1. The molecular weight excluding hydrogens is 312 g/mol. The molecule has 0 saturated carbocycles. The highest BCUT2D eigenvalue weighted by Crippen LogP contribution is 2.25. The Morgan fingerprint density at radius 3 is 2.61 bits per heavy atom. The predicted octanol–water partition coefficient (Wildman–Crippen LogP) is 4.50. The Hall–Kier alpha value is -2.85. The molecule has 0 aliphatic carbocycles. The van der Waals surface area contributed by atoms with Gasteiger partial charge in [-0.05, 0) is 30.3 Å². The minimum absolute atomic E-state index is 0.394. The van der Waals surface area contributed by atoms with Gasteiger partial charge in [0, 0.05) is 16.0 Å². The first kappa shape index (κ1) is 13.8. The topological polar surface area (TPSA) is 58.9 Å². The molecule has 2 aromatic heterocycles. The number of aromatic nitrogens is 2. The van der Waals surface area contributed by atoms with Gasteiger partial charge in [0.25, 0.3) is 0 Å². The maximum absolute atomic E-state index is 12.2. The van der Waals surface area contributed by atoms with Crippen LogP contribution < -0.4 is 5.63 Å². The molecule has 5 heteroatoms. The van der Waals surface area contributed by atoms with Gasteiger partial charge in [0.2, 0.25) is 0 Å².